The summed E-state index contributed by atoms with van der Waals surface area (Å²) in [4.78, 5) is 10.9. The van der Waals surface area contributed by atoms with Crippen LogP contribution in [-0.2, 0) is 19.0 Å². The smallest absolute Gasteiger partial charge is 0.170 e. The third kappa shape index (κ3) is 5.04. The Morgan fingerprint density at radius 2 is 2.22 bits per heavy atom. The van der Waals surface area contributed by atoms with E-state index in [1.807, 2.05) is 0 Å². The number of hydrogen-bond acceptors (Lipinski definition) is 4. The molecule has 1 aliphatic rings. The predicted molar refractivity (Wildman–Crippen MR) is 69.5 cm³/mol. The van der Waals surface area contributed by atoms with Crippen molar-refractivity contribution in [1.82, 2.24) is 0 Å². The van der Waals surface area contributed by atoms with Gasteiger partial charge in [-0.2, -0.15) is 0 Å². The van der Waals surface area contributed by atoms with Gasteiger partial charge in [0.25, 0.3) is 0 Å². The number of ether oxygens (including phenoxy) is 3. The minimum atomic E-state index is -0.477. The first-order valence-corrected chi connectivity index (χ1v) is 6.83. The van der Waals surface area contributed by atoms with Crippen LogP contribution < -0.4 is 0 Å². The quantitative estimate of drug-likeness (QED) is 0.671. The summed E-state index contributed by atoms with van der Waals surface area (Å²) in [6, 6.07) is 0. The molecule has 4 nitrogen and oxygen atoms in total. The summed E-state index contributed by atoms with van der Waals surface area (Å²) in [5, 5.41) is 0. The van der Waals surface area contributed by atoms with Crippen molar-refractivity contribution in [2.24, 2.45) is 0 Å². The molecule has 1 heterocycles. The van der Waals surface area contributed by atoms with Gasteiger partial charge in [0.2, 0.25) is 0 Å². The SMILES string of the molecule is COCCC1(OC)CCC[C@@H](CCCC(C)=O)O1. The fourth-order valence-electron chi connectivity index (χ4n) is 2.50. The number of carbonyl (C=O) groups is 1. The molecule has 1 unspecified atom stereocenters. The summed E-state index contributed by atoms with van der Waals surface area (Å²) in [5.74, 6) is -0.224. The van der Waals surface area contributed by atoms with Crippen molar-refractivity contribution >= 4 is 5.78 Å². The van der Waals surface area contributed by atoms with Crippen molar-refractivity contribution in [3.8, 4) is 0 Å². The molecule has 1 saturated heterocycles. The molecule has 0 N–H and O–H groups in total. The molecular weight excluding hydrogens is 232 g/mol. The number of methoxy groups -OCH3 is 2. The average molecular weight is 258 g/mol. The van der Waals surface area contributed by atoms with E-state index in [4.69, 9.17) is 14.2 Å². The van der Waals surface area contributed by atoms with Crippen LogP contribution in [-0.4, -0.2) is 38.5 Å². The first kappa shape index (κ1) is 15.6. The number of rotatable bonds is 8. The zero-order valence-electron chi connectivity index (χ0n) is 11.9. The number of hydrogen-bond donors (Lipinski definition) is 0. The Labute approximate surface area is 110 Å². The molecule has 0 amide bonds. The van der Waals surface area contributed by atoms with E-state index in [0.29, 0.717) is 13.0 Å². The molecule has 0 aliphatic carbocycles. The second-order valence-corrected chi connectivity index (χ2v) is 5.08. The Morgan fingerprint density at radius 1 is 1.44 bits per heavy atom. The van der Waals surface area contributed by atoms with Crippen molar-refractivity contribution in [2.75, 3.05) is 20.8 Å². The van der Waals surface area contributed by atoms with Gasteiger partial charge in [-0.3, -0.25) is 0 Å². The van der Waals surface area contributed by atoms with E-state index in [0.717, 1.165) is 38.5 Å². The minimum Gasteiger partial charge on any atom is -0.384 e. The van der Waals surface area contributed by atoms with Gasteiger partial charge in [0.1, 0.15) is 5.78 Å². The molecular formula is C14H26O4. The third-order valence-electron chi connectivity index (χ3n) is 3.58. The van der Waals surface area contributed by atoms with Gasteiger partial charge in [-0.25, -0.2) is 0 Å². The van der Waals surface area contributed by atoms with Crippen molar-refractivity contribution in [2.45, 2.75) is 63.8 Å². The molecule has 0 aromatic carbocycles. The van der Waals surface area contributed by atoms with E-state index in [2.05, 4.69) is 0 Å². The van der Waals surface area contributed by atoms with E-state index < -0.39 is 5.79 Å². The summed E-state index contributed by atoms with van der Waals surface area (Å²) in [7, 11) is 3.39. The van der Waals surface area contributed by atoms with Gasteiger partial charge >= 0.3 is 0 Å². The third-order valence-corrected chi connectivity index (χ3v) is 3.58. The molecule has 1 rings (SSSR count). The van der Waals surface area contributed by atoms with Gasteiger partial charge in [-0.1, -0.05) is 0 Å². The summed E-state index contributed by atoms with van der Waals surface area (Å²) >= 11 is 0. The Bertz CT molecular complexity index is 254. The van der Waals surface area contributed by atoms with Gasteiger partial charge in [0.05, 0.1) is 12.7 Å². The Morgan fingerprint density at radius 3 is 2.83 bits per heavy atom. The second kappa shape index (κ2) is 7.87. The van der Waals surface area contributed by atoms with Crippen molar-refractivity contribution < 1.29 is 19.0 Å². The predicted octanol–water partition coefficient (Wildman–Crippen LogP) is 2.69. The normalized spacial score (nSPS) is 28.3. The topological polar surface area (TPSA) is 44.8 Å². The fourth-order valence-corrected chi connectivity index (χ4v) is 2.50. The highest BCUT2D eigenvalue weighted by Crippen LogP contribution is 2.34. The van der Waals surface area contributed by atoms with Crippen LogP contribution in [0.4, 0.5) is 0 Å². The zero-order chi connectivity index (χ0) is 13.4. The lowest BCUT2D eigenvalue weighted by Crippen LogP contribution is -2.43. The van der Waals surface area contributed by atoms with Crippen LogP contribution in [0, 0.1) is 0 Å². The van der Waals surface area contributed by atoms with Gasteiger partial charge in [-0.15, -0.1) is 0 Å². The largest absolute Gasteiger partial charge is 0.384 e. The van der Waals surface area contributed by atoms with E-state index in [1.54, 1.807) is 21.1 Å². The van der Waals surface area contributed by atoms with Crippen LogP contribution in [0.2, 0.25) is 0 Å². The summed E-state index contributed by atoms with van der Waals surface area (Å²) < 4.78 is 16.8. The molecule has 0 saturated carbocycles. The molecule has 18 heavy (non-hydrogen) atoms. The molecule has 0 aromatic rings. The summed E-state index contributed by atoms with van der Waals surface area (Å²) in [6.07, 6.45) is 6.59. The van der Waals surface area contributed by atoms with E-state index in [-0.39, 0.29) is 11.9 Å². The summed E-state index contributed by atoms with van der Waals surface area (Å²) in [6.45, 7) is 2.29. The minimum absolute atomic E-state index is 0.218. The van der Waals surface area contributed by atoms with Gasteiger partial charge in [0.15, 0.2) is 5.79 Å². The fraction of sp³-hybridized carbons (Fsp3) is 0.929. The molecule has 106 valence electrons. The molecule has 0 radical (unpaired) electrons. The Hall–Kier alpha value is -0.450. The molecule has 2 atom stereocenters. The lowest BCUT2D eigenvalue weighted by atomic mass is 9.96. The molecule has 0 bridgehead atoms. The van der Waals surface area contributed by atoms with E-state index in [9.17, 15) is 4.79 Å². The van der Waals surface area contributed by atoms with Crippen LogP contribution in [0.15, 0.2) is 0 Å². The first-order chi connectivity index (χ1) is 8.62. The highest BCUT2D eigenvalue weighted by molar-refractivity contribution is 5.75. The average Bonchev–Trinajstić information content (AvgIpc) is 2.36. The van der Waals surface area contributed by atoms with Crippen LogP contribution in [0.3, 0.4) is 0 Å². The highest BCUT2D eigenvalue weighted by atomic mass is 16.7. The lowest BCUT2D eigenvalue weighted by molar-refractivity contribution is -0.275. The van der Waals surface area contributed by atoms with Crippen LogP contribution >= 0.6 is 0 Å². The maximum absolute atomic E-state index is 10.9. The highest BCUT2D eigenvalue weighted by Gasteiger charge is 2.36. The van der Waals surface area contributed by atoms with Crippen molar-refractivity contribution in [1.29, 1.82) is 0 Å². The zero-order valence-corrected chi connectivity index (χ0v) is 11.9. The molecule has 1 aliphatic heterocycles. The lowest BCUT2D eigenvalue weighted by Gasteiger charge is -2.40. The maximum Gasteiger partial charge on any atom is 0.170 e. The van der Waals surface area contributed by atoms with Crippen LogP contribution in [0.1, 0.15) is 51.9 Å². The van der Waals surface area contributed by atoms with Crippen LogP contribution in [0.25, 0.3) is 0 Å². The number of ketones is 1. The standard InChI is InChI=1S/C14H26O4/c1-12(15)6-4-7-13-8-5-9-14(17-3,18-13)10-11-16-2/h13H,4-11H2,1-3H3/t13-,14?/m1/s1. The van der Waals surface area contributed by atoms with Gasteiger partial charge < -0.3 is 19.0 Å². The van der Waals surface area contributed by atoms with Gasteiger partial charge in [0, 0.05) is 33.5 Å². The Balaban J connectivity index is 2.39. The number of carbonyl (C=O) groups excluding carboxylic acids is 1. The van der Waals surface area contributed by atoms with Gasteiger partial charge in [-0.05, 0) is 32.6 Å². The van der Waals surface area contributed by atoms with E-state index in [1.165, 1.54) is 0 Å². The monoisotopic (exact) mass is 258 g/mol. The molecule has 0 spiro atoms. The summed E-state index contributed by atoms with van der Waals surface area (Å²) in [5.41, 5.74) is 0. The van der Waals surface area contributed by atoms with E-state index >= 15 is 0 Å². The van der Waals surface area contributed by atoms with Crippen molar-refractivity contribution in [3.63, 3.8) is 0 Å². The van der Waals surface area contributed by atoms with Crippen molar-refractivity contribution in [3.05, 3.63) is 0 Å². The number of Topliss-reactive ketones (excluding diaryl/α,β-unsaturated/α-hetero) is 1. The first-order valence-electron chi connectivity index (χ1n) is 6.83. The maximum atomic E-state index is 10.9. The molecule has 4 heteroatoms. The molecule has 0 aromatic heterocycles. The second-order valence-electron chi connectivity index (χ2n) is 5.08. The Kier molecular flexibility index (Phi) is 6.82. The molecule has 1 fully saturated rings. The van der Waals surface area contributed by atoms with Crippen LogP contribution in [0.5, 0.6) is 0 Å².